The van der Waals surface area contributed by atoms with Crippen LogP contribution < -0.4 is 0 Å². The maximum absolute atomic E-state index is 10.2. The van der Waals surface area contributed by atoms with Gasteiger partial charge in [0.1, 0.15) is 5.75 Å². The van der Waals surface area contributed by atoms with Gasteiger partial charge < -0.3 is 5.11 Å². The van der Waals surface area contributed by atoms with E-state index in [1.165, 1.54) is 0 Å². The first-order chi connectivity index (χ1) is 12.2. The molecule has 2 aromatic carbocycles. The van der Waals surface area contributed by atoms with E-state index in [2.05, 4.69) is 22.9 Å². The molecule has 0 aliphatic rings. The average Bonchev–Trinajstić information content (AvgIpc) is 3.17. The summed E-state index contributed by atoms with van der Waals surface area (Å²) in [5.41, 5.74) is 5.50. The molecule has 4 rings (SSSR count). The van der Waals surface area contributed by atoms with Crippen LogP contribution in [0.15, 0.2) is 77.5 Å². The van der Waals surface area contributed by atoms with Gasteiger partial charge in [0.2, 0.25) is 0 Å². The number of thiophene rings is 1. The Morgan fingerprint density at radius 2 is 1.56 bits per heavy atom. The maximum atomic E-state index is 10.2. The van der Waals surface area contributed by atoms with Crippen molar-refractivity contribution in [2.75, 3.05) is 0 Å². The van der Waals surface area contributed by atoms with Gasteiger partial charge in [-0.25, -0.2) is 4.98 Å². The zero-order valence-corrected chi connectivity index (χ0v) is 14.8. The first kappa shape index (κ1) is 15.9. The third-order valence-corrected chi connectivity index (χ3v) is 4.94. The fourth-order valence-corrected chi connectivity index (χ4v) is 3.51. The number of rotatable bonds is 3. The van der Waals surface area contributed by atoms with Gasteiger partial charge in [0.15, 0.2) is 0 Å². The van der Waals surface area contributed by atoms with Crippen LogP contribution in [0.25, 0.3) is 33.6 Å². The van der Waals surface area contributed by atoms with Gasteiger partial charge in [-0.05, 0) is 64.4 Å². The highest BCUT2D eigenvalue weighted by molar-refractivity contribution is 7.08. The molecule has 0 spiro atoms. The highest BCUT2D eigenvalue weighted by atomic mass is 35.5. The van der Waals surface area contributed by atoms with Crippen molar-refractivity contribution >= 4 is 22.9 Å². The van der Waals surface area contributed by atoms with Gasteiger partial charge >= 0.3 is 0 Å². The minimum Gasteiger partial charge on any atom is -0.507 e. The second kappa shape index (κ2) is 6.71. The molecule has 4 heteroatoms. The predicted octanol–water partition coefficient (Wildman–Crippen LogP) is 6.50. The summed E-state index contributed by atoms with van der Waals surface area (Å²) >= 11 is 7.66. The standard InChI is InChI=1S/C21H14ClNOS/c22-17-7-5-14(6-8-17)19-11-16(15-9-10-25-13-15)12-20(23-19)18-3-1-2-4-21(18)24/h1-13,24H. The quantitative estimate of drug-likeness (QED) is 0.450. The van der Waals surface area contributed by atoms with Crippen molar-refractivity contribution in [1.82, 2.24) is 4.98 Å². The predicted molar refractivity (Wildman–Crippen MR) is 105 cm³/mol. The van der Waals surface area contributed by atoms with E-state index >= 15 is 0 Å². The Kier molecular flexibility index (Phi) is 4.26. The summed E-state index contributed by atoms with van der Waals surface area (Å²) in [5, 5.41) is 15.1. The van der Waals surface area contributed by atoms with Gasteiger partial charge in [0.25, 0.3) is 0 Å². The lowest BCUT2D eigenvalue weighted by Gasteiger charge is -2.10. The van der Waals surface area contributed by atoms with Crippen LogP contribution in [0.2, 0.25) is 5.02 Å². The summed E-state index contributed by atoms with van der Waals surface area (Å²) in [6.07, 6.45) is 0. The van der Waals surface area contributed by atoms with Crippen LogP contribution in [0.1, 0.15) is 0 Å². The molecule has 0 saturated carbocycles. The van der Waals surface area contributed by atoms with Crippen LogP contribution in [-0.4, -0.2) is 10.1 Å². The topological polar surface area (TPSA) is 33.1 Å². The molecule has 0 unspecified atom stereocenters. The van der Waals surface area contributed by atoms with Crippen molar-refractivity contribution in [3.05, 3.63) is 82.5 Å². The Morgan fingerprint density at radius 1 is 0.800 bits per heavy atom. The highest BCUT2D eigenvalue weighted by Crippen LogP contribution is 2.34. The molecule has 122 valence electrons. The van der Waals surface area contributed by atoms with E-state index in [0.29, 0.717) is 5.02 Å². The molecule has 0 radical (unpaired) electrons. The number of halogens is 1. The van der Waals surface area contributed by atoms with E-state index in [1.807, 2.05) is 48.5 Å². The monoisotopic (exact) mass is 363 g/mol. The molecule has 25 heavy (non-hydrogen) atoms. The highest BCUT2D eigenvalue weighted by Gasteiger charge is 2.11. The second-order valence-corrected chi connectivity index (χ2v) is 6.88. The molecule has 0 bridgehead atoms. The summed E-state index contributed by atoms with van der Waals surface area (Å²) < 4.78 is 0. The van der Waals surface area contributed by atoms with E-state index in [9.17, 15) is 5.11 Å². The minimum atomic E-state index is 0.222. The van der Waals surface area contributed by atoms with Crippen LogP contribution in [0.5, 0.6) is 5.75 Å². The zero-order chi connectivity index (χ0) is 17.2. The number of pyridine rings is 1. The van der Waals surface area contributed by atoms with E-state index in [0.717, 1.165) is 33.6 Å². The SMILES string of the molecule is Oc1ccccc1-c1cc(-c2ccsc2)cc(-c2ccc(Cl)cc2)n1. The van der Waals surface area contributed by atoms with Gasteiger partial charge in [-0.15, -0.1) is 0 Å². The van der Waals surface area contributed by atoms with Gasteiger partial charge in [0, 0.05) is 16.1 Å². The Bertz CT molecular complexity index is 1010. The molecule has 4 aromatic rings. The first-order valence-electron chi connectivity index (χ1n) is 7.80. The molecule has 2 heterocycles. The minimum absolute atomic E-state index is 0.222. The lowest BCUT2D eigenvalue weighted by atomic mass is 10.0. The first-order valence-corrected chi connectivity index (χ1v) is 9.12. The molecule has 0 aliphatic heterocycles. The summed E-state index contributed by atoms with van der Waals surface area (Å²) in [4.78, 5) is 4.77. The number of para-hydroxylation sites is 1. The molecule has 2 nitrogen and oxygen atoms in total. The van der Waals surface area contributed by atoms with Gasteiger partial charge in [-0.1, -0.05) is 35.9 Å². The molecule has 0 aliphatic carbocycles. The number of hydrogen-bond donors (Lipinski definition) is 1. The third kappa shape index (κ3) is 3.29. The Morgan fingerprint density at radius 3 is 2.28 bits per heavy atom. The fourth-order valence-electron chi connectivity index (χ4n) is 2.72. The van der Waals surface area contributed by atoms with Crippen molar-refractivity contribution in [3.8, 4) is 39.4 Å². The van der Waals surface area contributed by atoms with Crippen molar-refractivity contribution in [1.29, 1.82) is 0 Å². The van der Waals surface area contributed by atoms with E-state index in [-0.39, 0.29) is 5.75 Å². The molecule has 0 saturated heterocycles. The molecule has 0 amide bonds. The van der Waals surface area contributed by atoms with Crippen molar-refractivity contribution < 1.29 is 5.11 Å². The number of aromatic hydroxyl groups is 1. The second-order valence-electron chi connectivity index (χ2n) is 5.66. The van der Waals surface area contributed by atoms with Crippen molar-refractivity contribution in [2.24, 2.45) is 0 Å². The van der Waals surface area contributed by atoms with Crippen molar-refractivity contribution in [3.63, 3.8) is 0 Å². The molecular weight excluding hydrogens is 350 g/mol. The number of phenolic OH excluding ortho intramolecular Hbond substituents is 1. The lowest BCUT2D eigenvalue weighted by molar-refractivity contribution is 0.477. The van der Waals surface area contributed by atoms with E-state index in [4.69, 9.17) is 16.6 Å². The molecular formula is C21H14ClNOS. The lowest BCUT2D eigenvalue weighted by Crippen LogP contribution is -1.91. The summed E-state index contributed by atoms with van der Waals surface area (Å²) in [6.45, 7) is 0. The largest absolute Gasteiger partial charge is 0.507 e. The smallest absolute Gasteiger partial charge is 0.124 e. The number of hydrogen-bond acceptors (Lipinski definition) is 3. The van der Waals surface area contributed by atoms with E-state index in [1.54, 1.807) is 17.4 Å². The van der Waals surface area contributed by atoms with Gasteiger partial charge in [-0.3, -0.25) is 0 Å². The molecule has 0 atom stereocenters. The maximum Gasteiger partial charge on any atom is 0.124 e. The van der Waals surface area contributed by atoms with Crippen molar-refractivity contribution in [2.45, 2.75) is 0 Å². The molecule has 2 aromatic heterocycles. The van der Waals surface area contributed by atoms with Crippen LogP contribution in [0.3, 0.4) is 0 Å². The fraction of sp³-hybridized carbons (Fsp3) is 0. The van der Waals surface area contributed by atoms with Gasteiger partial charge in [0.05, 0.1) is 11.4 Å². The average molecular weight is 364 g/mol. The number of benzene rings is 2. The summed E-state index contributed by atoms with van der Waals surface area (Å²) in [5.74, 6) is 0.222. The van der Waals surface area contributed by atoms with Crippen LogP contribution >= 0.6 is 22.9 Å². The molecule has 0 fully saturated rings. The third-order valence-electron chi connectivity index (χ3n) is 4.00. The Hall–Kier alpha value is -2.62. The number of aromatic nitrogens is 1. The van der Waals surface area contributed by atoms with Crippen LogP contribution in [0.4, 0.5) is 0 Å². The van der Waals surface area contributed by atoms with Crippen LogP contribution in [-0.2, 0) is 0 Å². The number of phenols is 1. The molecule has 1 N–H and O–H groups in total. The van der Waals surface area contributed by atoms with E-state index < -0.39 is 0 Å². The van der Waals surface area contributed by atoms with Crippen LogP contribution in [0, 0.1) is 0 Å². The summed E-state index contributed by atoms with van der Waals surface area (Å²) in [6, 6.07) is 21.0. The number of nitrogens with zero attached hydrogens (tertiary/aromatic N) is 1. The zero-order valence-electron chi connectivity index (χ0n) is 13.2. The summed E-state index contributed by atoms with van der Waals surface area (Å²) in [7, 11) is 0. The Balaban J connectivity index is 1.92. The van der Waals surface area contributed by atoms with Gasteiger partial charge in [-0.2, -0.15) is 11.3 Å². The Labute approximate surface area is 155 Å². The normalized spacial score (nSPS) is 10.8.